The Morgan fingerprint density at radius 1 is 1.17 bits per heavy atom. The summed E-state index contributed by atoms with van der Waals surface area (Å²) in [5, 5.41) is 0. The van der Waals surface area contributed by atoms with Crippen LogP contribution in [-0.4, -0.2) is 56.6 Å². The molecule has 2 amide bonds. The molecule has 1 aromatic carbocycles. The monoisotopic (exact) mass is 353 g/mol. The second kappa shape index (κ2) is 7.31. The molecule has 8 heteroatoms. The number of amides is 2. The van der Waals surface area contributed by atoms with Crippen LogP contribution in [0.4, 0.5) is 0 Å². The second-order valence-electron chi connectivity index (χ2n) is 6.17. The van der Waals surface area contributed by atoms with Crippen molar-refractivity contribution in [3.05, 3.63) is 29.8 Å². The molecule has 1 aromatic rings. The normalized spacial score (nSPS) is 16.4. The molecule has 1 aliphatic rings. The van der Waals surface area contributed by atoms with E-state index in [9.17, 15) is 18.0 Å². The van der Waals surface area contributed by atoms with E-state index in [2.05, 4.69) is 0 Å². The summed E-state index contributed by atoms with van der Waals surface area (Å²) in [4.78, 5) is 25.4. The highest BCUT2D eigenvalue weighted by molar-refractivity contribution is 7.89. The number of rotatable bonds is 5. The van der Waals surface area contributed by atoms with Gasteiger partial charge in [0.2, 0.25) is 21.8 Å². The molecule has 2 N–H and O–H groups in total. The van der Waals surface area contributed by atoms with Crippen molar-refractivity contribution in [2.45, 2.75) is 24.2 Å². The van der Waals surface area contributed by atoms with Crippen molar-refractivity contribution < 1.29 is 18.0 Å². The van der Waals surface area contributed by atoms with Crippen LogP contribution >= 0.6 is 0 Å². The molecular formula is C16H23N3O4S. The lowest BCUT2D eigenvalue weighted by atomic mass is 9.96. The van der Waals surface area contributed by atoms with Gasteiger partial charge in [0, 0.05) is 33.1 Å². The Morgan fingerprint density at radius 3 is 2.17 bits per heavy atom. The Hall–Kier alpha value is -1.93. The van der Waals surface area contributed by atoms with Crippen molar-refractivity contribution in [1.29, 1.82) is 0 Å². The number of likely N-dealkylation sites (tertiary alicyclic amines) is 1. The Bertz CT molecular complexity index is 705. The average Bonchev–Trinajstić information content (AvgIpc) is 2.55. The Labute approximate surface area is 142 Å². The largest absolute Gasteiger partial charge is 0.369 e. The van der Waals surface area contributed by atoms with E-state index in [0.717, 1.165) is 9.87 Å². The number of sulfonamides is 1. The van der Waals surface area contributed by atoms with Crippen LogP contribution in [0.25, 0.3) is 0 Å². The number of primary amides is 1. The van der Waals surface area contributed by atoms with E-state index in [0.29, 0.717) is 25.9 Å². The first-order chi connectivity index (χ1) is 11.2. The SMILES string of the molecule is CN(C)S(=O)(=O)c1ccc(CC(=O)N2CCC(C(N)=O)CC2)cc1. The number of nitrogens with two attached hydrogens (primary N) is 1. The molecule has 1 fully saturated rings. The first kappa shape index (κ1) is 18.4. The molecule has 0 unspecified atom stereocenters. The maximum absolute atomic E-state index is 12.3. The molecule has 0 saturated carbocycles. The van der Waals surface area contributed by atoms with Crippen molar-refractivity contribution in [3.63, 3.8) is 0 Å². The van der Waals surface area contributed by atoms with E-state index in [-0.39, 0.29) is 29.0 Å². The fourth-order valence-corrected chi connectivity index (χ4v) is 3.59. The zero-order valence-electron chi connectivity index (χ0n) is 13.9. The first-order valence-corrected chi connectivity index (χ1v) is 9.24. The number of nitrogens with zero attached hydrogens (tertiary/aromatic N) is 2. The smallest absolute Gasteiger partial charge is 0.242 e. The molecule has 132 valence electrons. The van der Waals surface area contributed by atoms with Gasteiger partial charge in [0.05, 0.1) is 11.3 Å². The molecule has 1 aliphatic heterocycles. The van der Waals surface area contributed by atoms with E-state index in [4.69, 9.17) is 5.73 Å². The summed E-state index contributed by atoms with van der Waals surface area (Å²) in [5.41, 5.74) is 6.05. The van der Waals surface area contributed by atoms with Gasteiger partial charge in [-0.2, -0.15) is 0 Å². The minimum absolute atomic E-state index is 0.0267. The van der Waals surface area contributed by atoms with Gasteiger partial charge in [0.1, 0.15) is 0 Å². The molecule has 0 bridgehead atoms. The van der Waals surface area contributed by atoms with Gasteiger partial charge in [-0.1, -0.05) is 12.1 Å². The van der Waals surface area contributed by atoms with E-state index >= 15 is 0 Å². The third-order valence-corrected chi connectivity index (χ3v) is 6.14. The molecule has 1 saturated heterocycles. The van der Waals surface area contributed by atoms with Crippen LogP contribution in [0, 0.1) is 5.92 Å². The van der Waals surface area contributed by atoms with Gasteiger partial charge in [-0.3, -0.25) is 9.59 Å². The molecule has 0 radical (unpaired) electrons. The highest BCUT2D eigenvalue weighted by Crippen LogP contribution is 2.18. The lowest BCUT2D eigenvalue weighted by Crippen LogP contribution is -2.42. The van der Waals surface area contributed by atoms with Crippen molar-refractivity contribution >= 4 is 21.8 Å². The summed E-state index contributed by atoms with van der Waals surface area (Å²) in [5.74, 6) is -0.481. The quantitative estimate of drug-likeness (QED) is 0.817. The van der Waals surface area contributed by atoms with Crippen LogP contribution in [-0.2, 0) is 26.0 Å². The molecular weight excluding hydrogens is 330 g/mol. The van der Waals surface area contributed by atoms with Gasteiger partial charge in [-0.15, -0.1) is 0 Å². The van der Waals surface area contributed by atoms with Crippen molar-refractivity contribution in [3.8, 4) is 0 Å². The summed E-state index contributed by atoms with van der Waals surface area (Å²) in [6, 6.07) is 6.34. The van der Waals surface area contributed by atoms with E-state index in [1.54, 1.807) is 17.0 Å². The predicted molar refractivity (Wildman–Crippen MR) is 89.5 cm³/mol. The van der Waals surface area contributed by atoms with E-state index in [1.807, 2.05) is 0 Å². The van der Waals surface area contributed by atoms with Crippen molar-refractivity contribution in [2.24, 2.45) is 11.7 Å². The lowest BCUT2D eigenvalue weighted by Gasteiger charge is -2.30. The van der Waals surface area contributed by atoms with Crippen LogP contribution in [0.3, 0.4) is 0 Å². The van der Waals surface area contributed by atoms with Gasteiger partial charge in [0.25, 0.3) is 0 Å². The molecule has 24 heavy (non-hydrogen) atoms. The maximum atomic E-state index is 12.3. The Balaban J connectivity index is 1.97. The fraction of sp³-hybridized carbons (Fsp3) is 0.500. The summed E-state index contributed by atoms with van der Waals surface area (Å²) < 4.78 is 25.2. The van der Waals surface area contributed by atoms with Gasteiger partial charge < -0.3 is 10.6 Å². The Morgan fingerprint density at radius 2 is 1.71 bits per heavy atom. The Kier molecular flexibility index (Phi) is 5.61. The molecule has 0 aromatic heterocycles. The molecule has 0 aliphatic carbocycles. The minimum Gasteiger partial charge on any atom is -0.369 e. The average molecular weight is 353 g/mol. The highest BCUT2D eigenvalue weighted by Gasteiger charge is 2.26. The number of carbonyl (C=O) groups is 2. The zero-order valence-corrected chi connectivity index (χ0v) is 14.8. The third kappa shape index (κ3) is 4.12. The number of piperidine rings is 1. The molecule has 1 heterocycles. The first-order valence-electron chi connectivity index (χ1n) is 7.80. The molecule has 2 rings (SSSR count). The minimum atomic E-state index is -3.46. The summed E-state index contributed by atoms with van der Waals surface area (Å²) in [6.07, 6.45) is 1.41. The topological polar surface area (TPSA) is 101 Å². The highest BCUT2D eigenvalue weighted by atomic mass is 32.2. The van der Waals surface area contributed by atoms with Crippen LogP contribution in [0.15, 0.2) is 29.2 Å². The van der Waals surface area contributed by atoms with Crippen LogP contribution in [0.1, 0.15) is 18.4 Å². The van der Waals surface area contributed by atoms with Gasteiger partial charge in [-0.05, 0) is 30.5 Å². The second-order valence-corrected chi connectivity index (χ2v) is 8.32. The number of benzene rings is 1. The fourth-order valence-electron chi connectivity index (χ4n) is 2.69. The van der Waals surface area contributed by atoms with Gasteiger partial charge in [-0.25, -0.2) is 12.7 Å². The zero-order chi connectivity index (χ0) is 17.9. The predicted octanol–water partition coefficient (Wildman–Crippen LogP) is 0.203. The number of hydrogen-bond acceptors (Lipinski definition) is 4. The standard InChI is InChI=1S/C16H23N3O4S/c1-18(2)24(22,23)14-5-3-12(4-6-14)11-15(20)19-9-7-13(8-10-19)16(17)21/h3-6,13H,7-11H2,1-2H3,(H2,17,21). The van der Waals surface area contributed by atoms with Crippen molar-refractivity contribution in [2.75, 3.05) is 27.2 Å². The van der Waals surface area contributed by atoms with Crippen molar-refractivity contribution in [1.82, 2.24) is 9.21 Å². The number of hydrogen-bond donors (Lipinski definition) is 1. The van der Waals surface area contributed by atoms with E-state index < -0.39 is 10.0 Å². The molecule has 0 spiro atoms. The van der Waals surface area contributed by atoms with E-state index in [1.165, 1.54) is 26.2 Å². The molecule has 0 atom stereocenters. The summed E-state index contributed by atoms with van der Waals surface area (Å²) in [7, 11) is -0.513. The number of carbonyl (C=O) groups excluding carboxylic acids is 2. The molecule has 7 nitrogen and oxygen atoms in total. The third-order valence-electron chi connectivity index (χ3n) is 4.31. The van der Waals surface area contributed by atoms with Gasteiger partial charge in [0.15, 0.2) is 0 Å². The summed E-state index contributed by atoms with van der Waals surface area (Å²) >= 11 is 0. The van der Waals surface area contributed by atoms with Crippen LogP contribution < -0.4 is 5.73 Å². The summed E-state index contributed by atoms with van der Waals surface area (Å²) in [6.45, 7) is 1.05. The van der Waals surface area contributed by atoms with Crippen LogP contribution in [0.2, 0.25) is 0 Å². The van der Waals surface area contributed by atoms with Gasteiger partial charge >= 0.3 is 0 Å². The van der Waals surface area contributed by atoms with Crippen LogP contribution in [0.5, 0.6) is 0 Å². The maximum Gasteiger partial charge on any atom is 0.242 e. The lowest BCUT2D eigenvalue weighted by molar-refractivity contribution is -0.134.